The summed E-state index contributed by atoms with van der Waals surface area (Å²) >= 11 is 6.00. The maximum absolute atomic E-state index is 11.5. The van der Waals surface area contributed by atoms with Gasteiger partial charge in [-0.15, -0.1) is 0 Å². The quantitative estimate of drug-likeness (QED) is 0.765. The van der Waals surface area contributed by atoms with Gasteiger partial charge in [0.15, 0.2) is 0 Å². The van der Waals surface area contributed by atoms with Crippen LogP contribution in [0.3, 0.4) is 0 Å². The van der Waals surface area contributed by atoms with E-state index in [0.717, 1.165) is 11.4 Å². The fourth-order valence-corrected chi connectivity index (χ4v) is 2.11. The molecule has 0 fully saturated rings. The Balaban J connectivity index is 2.19. The maximum Gasteiger partial charge on any atom is 0.252 e. The van der Waals surface area contributed by atoms with Crippen molar-refractivity contribution in [2.24, 2.45) is 11.5 Å². The Morgan fingerprint density at radius 1 is 1.19 bits per heavy atom. The topological polar surface area (TPSA) is 90.4 Å². The highest BCUT2D eigenvalue weighted by Crippen LogP contribution is 2.27. The van der Waals surface area contributed by atoms with Gasteiger partial charge in [0.1, 0.15) is 12.4 Å². The molecule has 0 atom stereocenters. The normalized spacial score (nSPS) is 10.2. The van der Waals surface area contributed by atoms with E-state index in [4.69, 9.17) is 27.8 Å². The van der Waals surface area contributed by atoms with Gasteiger partial charge in [0.2, 0.25) is 0 Å². The van der Waals surface area contributed by atoms with Crippen molar-refractivity contribution in [1.29, 1.82) is 0 Å². The van der Waals surface area contributed by atoms with Crippen molar-refractivity contribution in [2.75, 3.05) is 18.5 Å². The minimum atomic E-state index is -0.578. The molecular weight excluding hydrogens is 290 g/mol. The Bertz CT molecular complexity index is 629. The summed E-state index contributed by atoms with van der Waals surface area (Å²) in [7, 11) is 0. The van der Waals surface area contributed by atoms with Gasteiger partial charge in [-0.25, -0.2) is 0 Å². The van der Waals surface area contributed by atoms with Crippen molar-refractivity contribution in [1.82, 2.24) is 0 Å². The molecule has 0 aliphatic carbocycles. The number of hydrogen-bond donors (Lipinski definition) is 3. The van der Waals surface area contributed by atoms with Gasteiger partial charge in [-0.2, -0.15) is 0 Å². The molecule has 0 aliphatic rings. The molecule has 0 saturated carbocycles. The molecular formula is C15H16ClN3O2. The van der Waals surface area contributed by atoms with E-state index < -0.39 is 5.91 Å². The third-order valence-corrected chi connectivity index (χ3v) is 3.09. The van der Waals surface area contributed by atoms with Crippen LogP contribution in [-0.4, -0.2) is 19.1 Å². The van der Waals surface area contributed by atoms with E-state index in [1.54, 1.807) is 18.2 Å². The minimum absolute atomic E-state index is 0.266. The Morgan fingerprint density at radius 2 is 1.90 bits per heavy atom. The predicted octanol–water partition coefficient (Wildman–Crippen LogP) is 2.52. The molecule has 6 heteroatoms. The van der Waals surface area contributed by atoms with Gasteiger partial charge in [-0.05, 0) is 36.4 Å². The van der Waals surface area contributed by atoms with Gasteiger partial charge in [-0.3, -0.25) is 4.79 Å². The molecule has 0 spiro atoms. The molecule has 110 valence electrons. The van der Waals surface area contributed by atoms with Crippen molar-refractivity contribution in [3.63, 3.8) is 0 Å². The zero-order valence-corrected chi connectivity index (χ0v) is 12.1. The lowest BCUT2D eigenvalue weighted by Crippen LogP contribution is -2.14. The van der Waals surface area contributed by atoms with Crippen LogP contribution in [0.1, 0.15) is 10.4 Å². The van der Waals surface area contributed by atoms with Gasteiger partial charge in [0.05, 0.1) is 16.3 Å². The van der Waals surface area contributed by atoms with Crippen LogP contribution >= 0.6 is 11.6 Å². The van der Waals surface area contributed by atoms with E-state index >= 15 is 0 Å². The first-order chi connectivity index (χ1) is 10.1. The van der Waals surface area contributed by atoms with Crippen molar-refractivity contribution < 1.29 is 9.53 Å². The lowest BCUT2D eigenvalue weighted by Gasteiger charge is -2.12. The van der Waals surface area contributed by atoms with Crippen LogP contribution in [0.4, 0.5) is 11.4 Å². The molecule has 0 radical (unpaired) electrons. The Labute approximate surface area is 127 Å². The molecule has 2 rings (SSSR count). The maximum atomic E-state index is 11.5. The van der Waals surface area contributed by atoms with Crippen LogP contribution < -0.4 is 21.5 Å². The molecule has 0 heterocycles. The smallest absolute Gasteiger partial charge is 0.252 e. The second-order valence-electron chi connectivity index (χ2n) is 4.31. The number of carbonyl (C=O) groups is 1. The van der Waals surface area contributed by atoms with Crippen molar-refractivity contribution in [2.45, 2.75) is 0 Å². The summed E-state index contributed by atoms with van der Waals surface area (Å²) in [6, 6.07) is 12.4. The van der Waals surface area contributed by atoms with Crippen LogP contribution in [0, 0.1) is 0 Å². The van der Waals surface area contributed by atoms with Crippen LogP contribution in [0.2, 0.25) is 5.02 Å². The first kappa shape index (κ1) is 15.2. The van der Waals surface area contributed by atoms with Gasteiger partial charge in [0, 0.05) is 12.2 Å². The summed E-state index contributed by atoms with van der Waals surface area (Å²) in [5, 5.41) is 3.43. The van der Waals surface area contributed by atoms with E-state index in [1.165, 1.54) is 0 Å². The van der Waals surface area contributed by atoms with E-state index in [0.29, 0.717) is 23.9 Å². The summed E-state index contributed by atoms with van der Waals surface area (Å²) in [5.41, 5.74) is 12.3. The van der Waals surface area contributed by atoms with Crippen LogP contribution in [0.5, 0.6) is 5.75 Å². The van der Waals surface area contributed by atoms with Gasteiger partial charge in [-0.1, -0.05) is 17.7 Å². The monoisotopic (exact) mass is 305 g/mol. The molecule has 0 unspecified atom stereocenters. The Kier molecular flexibility index (Phi) is 5.03. The molecule has 2 aromatic rings. The molecule has 0 bridgehead atoms. The Hall–Kier alpha value is -2.24. The molecule has 5 N–H and O–H groups in total. The van der Waals surface area contributed by atoms with E-state index in [-0.39, 0.29) is 5.56 Å². The lowest BCUT2D eigenvalue weighted by molar-refractivity contribution is 0.100. The number of carbonyl (C=O) groups excluding carboxylic acids is 1. The molecule has 0 aromatic heterocycles. The number of amides is 1. The van der Waals surface area contributed by atoms with Crippen molar-refractivity contribution >= 4 is 28.9 Å². The first-order valence-electron chi connectivity index (χ1n) is 6.40. The van der Waals surface area contributed by atoms with E-state index in [2.05, 4.69) is 5.32 Å². The molecule has 2 aromatic carbocycles. The number of primary amides is 1. The summed E-state index contributed by atoms with van der Waals surface area (Å²) in [5.74, 6) is 0.151. The number of benzene rings is 2. The van der Waals surface area contributed by atoms with Crippen molar-refractivity contribution in [3.8, 4) is 5.75 Å². The fourth-order valence-electron chi connectivity index (χ4n) is 1.85. The SMILES string of the molecule is NCCOc1ccc(Nc2cccc(Cl)c2C(N)=O)cc1. The van der Waals surface area contributed by atoms with Crippen LogP contribution in [0.25, 0.3) is 0 Å². The van der Waals surface area contributed by atoms with Crippen molar-refractivity contribution in [3.05, 3.63) is 53.1 Å². The average molecular weight is 306 g/mol. The third-order valence-electron chi connectivity index (χ3n) is 2.78. The standard InChI is InChI=1S/C15H16ClN3O2/c16-12-2-1-3-13(14(12)15(18)20)19-10-4-6-11(7-5-10)21-9-8-17/h1-7,19H,8-9,17H2,(H2,18,20). The number of anilines is 2. The zero-order chi connectivity index (χ0) is 15.2. The Morgan fingerprint density at radius 3 is 2.52 bits per heavy atom. The number of hydrogen-bond acceptors (Lipinski definition) is 4. The molecule has 0 aliphatic heterocycles. The molecule has 21 heavy (non-hydrogen) atoms. The summed E-state index contributed by atoms with van der Waals surface area (Å²) < 4.78 is 5.39. The van der Waals surface area contributed by atoms with Gasteiger partial charge < -0.3 is 21.5 Å². The highest BCUT2D eigenvalue weighted by Gasteiger charge is 2.12. The number of rotatable bonds is 6. The zero-order valence-electron chi connectivity index (χ0n) is 11.3. The average Bonchev–Trinajstić information content (AvgIpc) is 2.46. The third kappa shape index (κ3) is 3.87. The summed E-state index contributed by atoms with van der Waals surface area (Å²) in [4.78, 5) is 11.5. The molecule has 1 amide bonds. The summed E-state index contributed by atoms with van der Waals surface area (Å²) in [6.45, 7) is 0.928. The van der Waals surface area contributed by atoms with E-state index in [9.17, 15) is 4.79 Å². The van der Waals surface area contributed by atoms with Gasteiger partial charge in [0.25, 0.3) is 5.91 Å². The minimum Gasteiger partial charge on any atom is -0.492 e. The second-order valence-corrected chi connectivity index (χ2v) is 4.72. The number of nitrogens with one attached hydrogen (secondary N) is 1. The van der Waals surface area contributed by atoms with Gasteiger partial charge >= 0.3 is 0 Å². The van der Waals surface area contributed by atoms with Crippen LogP contribution in [0.15, 0.2) is 42.5 Å². The number of nitrogens with two attached hydrogens (primary N) is 2. The fraction of sp³-hybridized carbons (Fsp3) is 0.133. The number of halogens is 1. The first-order valence-corrected chi connectivity index (χ1v) is 6.78. The number of ether oxygens (including phenoxy) is 1. The highest BCUT2D eigenvalue weighted by atomic mass is 35.5. The molecule has 5 nitrogen and oxygen atoms in total. The molecule has 0 saturated heterocycles. The largest absolute Gasteiger partial charge is 0.492 e. The highest BCUT2D eigenvalue weighted by molar-refractivity contribution is 6.34. The second kappa shape index (κ2) is 6.97. The lowest BCUT2D eigenvalue weighted by atomic mass is 10.1. The van der Waals surface area contributed by atoms with E-state index in [1.807, 2.05) is 24.3 Å². The summed E-state index contributed by atoms with van der Waals surface area (Å²) in [6.07, 6.45) is 0. The predicted molar refractivity (Wildman–Crippen MR) is 84.2 cm³/mol. The van der Waals surface area contributed by atoms with Crippen LogP contribution in [-0.2, 0) is 0 Å².